The zero-order valence-corrected chi connectivity index (χ0v) is 18.1. The van der Waals surface area contributed by atoms with Crippen LogP contribution in [-0.4, -0.2) is 34.7 Å². The van der Waals surface area contributed by atoms with Gasteiger partial charge in [-0.05, 0) is 22.8 Å². The number of rotatable bonds is 6. The zero-order chi connectivity index (χ0) is 18.2. The van der Waals surface area contributed by atoms with Crippen LogP contribution in [0.25, 0.3) is 0 Å². The molecule has 0 spiro atoms. The third-order valence-electron chi connectivity index (χ3n) is 4.28. The first-order chi connectivity index (χ1) is 12.8. The van der Waals surface area contributed by atoms with Gasteiger partial charge in [-0.1, -0.05) is 54.6 Å². The van der Waals surface area contributed by atoms with Gasteiger partial charge in [0.1, 0.15) is 0 Å². The fourth-order valence-corrected chi connectivity index (χ4v) is 2.94. The molecule has 0 aliphatic rings. The number of halogens is 1. The van der Waals surface area contributed by atoms with Crippen molar-refractivity contribution < 1.29 is 0 Å². The molecule has 6 heteroatoms. The summed E-state index contributed by atoms with van der Waals surface area (Å²) in [6, 6.07) is 20.8. The number of aromatic nitrogens is 2. The molecule has 0 radical (unpaired) electrons. The van der Waals surface area contributed by atoms with Crippen LogP contribution in [0.15, 0.2) is 78.0 Å². The molecule has 142 valence electrons. The minimum absolute atomic E-state index is 0. The lowest BCUT2D eigenvalue weighted by Crippen LogP contribution is -2.38. The monoisotopic (exact) mass is 475 g/mol. The Hall–Kier alpha value is -2.35. The number of guanidine groups is 1. The topological polar surface area (TPSA) is 45.5 Å². The normalized spacial score (nSPS) is 11.0. The first-order valence-electron chi connectivity index (χ1n) is 8.76. The lowest BCUT2D eigenvalue weighted by atomic mass is 10.1. The zero-order valence-electron chi connectivity index (χ0n) is 15.7. The van der Waals surface area contributed by atoms with Crippen molar-refractivity contribution in [2.45, 2.75) is 19.6 Å². The fourth-order valence-electron chi connectivity index (χ4n) is 2.94. The highest BCUT2D eigenvalue weighted by molar-refractivity contribution is 14.0. The number of hydrogen-bond acceptors (Lipinski definition) is 2. The molecular formula is C21H26IN5. The van der Waals surface area contributed by atoms with E-state index < -0.39 is 0 Å². The average molecular weight is 475 g/mol. The van der Waals surface area contributed by atoms with Crippen molar-refractivity contribution in [2.75, 3.05) is 14.1 Å². The largest absolute Gasteiger partial charge is 0.352 e. The van der Waals surface area contributed by atoms with Crippen molar-refractivity contribution in [3.63, 3.8) is 0 Å². The molecule has 5 nitrogen and oxygen atoms in total. The van der Waals surface area contributed by atoms with Crippen molar-refractivity contribution in [1.82, 2.24) is 20.0 Å². The molecule has 0 saturated heterocycles. The van der Waals surface area contributed by atoms with Crippen LogP contribution in [0.2, 0.25) is 0 Å². The highest BCUT2D eigenvalue weighted by Crippen LogP contribution is 2.11. The predicted molar refractivity (Wildman–Crippen MR) is 121 cm³/mol. The van der Waals surface area contributed by atoms with Gasteiger partial charge in [0, 0.05) is 39.6 Å². The first kappa shape index (κ1) is 21.0. The van der Waals surface area contributed by atoms with Crippen molar-refractivity contribution >= 4 is 29.9 Å². The van der Waals surface area contributed by atoms with Crippen molar-refractivity contribution in [3.8, 4) is 0 Å². The van der Waals surface area contributed by atoms with E-state index in [0.29, 0.717) is 0 Å². The molecule has 3 rings (SSSR count). The van der Waals surface area contributed by atoms with Crippen LogP contribution >= 0.6 is 24.0 Å². The van der Waals surface area contributed by atoms with E-state index in [-0.39, 0.29) is 24.0 Å². The van der Waals surface area contributed by atoms with Crippen LogP contribution < -0.4 is 5.32 Å². The van der Waals surface area contributed by atoms with Crippen LogP contribution in [0, 0.1) is 0 Å². The third kappa shape index (κ3) is 6.09. The van der Waals surface area contributed by atoms with Gasteiger partial charge in [0.25, 0.3) is 0 Å². The summed E-state index contributed by atoms with van der Waals surface area (Å²) in [6.45, 7) is 2.31. The Labute approximate surface area is 178 Å². The molecule has 0 aliphatic heterocycles. The Morgan fingerprint density at radius 1 is 1.04 bits per heavy atom. The quantitative estimate of drug-likeness (QED) is 0.336. The van der Waals surface area contributed by atoms with Gasteiger partial charge in [0.05, 0.1) is 6.54 Å². The minimum atomic E-state index is 0. The van der Waals surface area contributed by atoms with E-state index in [2.05, 4.69) is 75.9 Å². The van der Waals surface area contributed by atoms with E-state index in [1.807, 2.05) is 30.1 Å². The van der Waals surface area contributed by atoms with Crippen LogP contribution in [0.1, 0.15) is 16.7 Å². The lowest BCUT2D eigenvalue weighted by Gasteiger charge is -2.22. The molecule has 3 aromatic rings. The highest BCUT2D eigenvalue weighted by Gasteiger charge is 2.08. The summed E-state index contributed by atoms with van der Waals surface area (Å²) >= 11 is 0. The molecule has 0 atom stereocenters. The van der Waals surface area contributed by atoms with Gasteiger partial charge in [-0.15, -0.1) is 24.0 Å². The van der Waals surface area contributed by atoms with Gasteiger partial charge in [0.2, 0.25) is 0 Å². The summed E-state index contributed by atoms with van der Waals surface area (Å²) in [4.78, 5) is 6.55. The standard InChI is InChI=1S/C21H25N5.HI/c1-22-21(25(2)16-18-9-4-3-5-10-18)23-15-19-11-6-7-12-20(19)17-26-14-8-13-24-26;/h3-14H,15-17H2,1-2H3,(H,22,23);1H. The number of nitrogens with one attached hydrogen (secondary N) is 1. The molecule has 0 amide bonds. The maximum atomic E-state index is 4.42. The van der Waals surface area contributed by atoms with Crippen LogP contribution in [0.3, 0.4) is 0 Å². The lowest BCUT2D eigenvalue weighted by molar-refractivity contribution is 0.476. The van der Waals surface area contributed by atoms with Gasteiger partial charge in [-0.3, -0.25) is 9.67 Å². The number of hydrogen-bond donors (Lipinski definition) is 1. The summed E-state index contributed by atoms with van der Waals surface area (Å²) in [5, 5.41) is 7.78. The maximum Gasteiger partial charge on any atom is 0.193 e. The highest BCUT2D eigenvalue weighted by atomic mass is 127. The molecule has 0 saturated carbocycles. The van der Waals surface area contributed by atoms with Gasteiger partial charge in [-0.25, -0.2) is 0 Å². The van der Waals surface area contributed by atoms with Crippen LogP contribution in [-0.2, 0) is 19.6 Å². The van der Waals surface area contributed by atoms with Gasteiger partial charge >= 0.3 is 0 Å². The number of benzene rings is 2. The van der Waals surface area contributed by atoms with E-state index in [9.17, 15) is 0 Å². The Bertz CT molecular complexity index is 831. The van der Waals surface area contributed by atoms with E-state index in [0.717, 1.165) is 25.6 Å². The summed E-state index contributed by atoms with van der Waals surface area (Å²) in [6.07, 6.45) is 3.79. The molecule has 1 heterocycles. The van der Waals surface area contributed by atoms with Gasteiger partial charge in [0.15, 0.2) is 5.96 Å². The van der Waals surface area contributed by atoms with Gasteiger partial charge in [-0.2, -0.15) is 5.10 Å². The second-order valence-corrected chi connectivity index (χ2v) is 6.21. The summed E-state index contributed by atoms with van der Waals surface area (Å²) in [7, 11) is 3.87. The number of nitrogens with zero attached hydrogens (tertiary/aromatic N) is 4. The second kappa shape index (κ2) is 10.7. The van der Waals surface area contributed by atoms with Crippen molar-refractivity contribution in [1.29, 1.82) is 0 Å². The molecule has 1 aromatic heterocycles. The van der Waals surface area contributed by atoms with Crippen molar-refractivity contribution in [3.05, 3.63) is 89.7 Å². The molecule has 0 fully saturated rings. The molecule has 0 bridgehead atoms. The molecule has 1 N–H and O–H groups in total. The third-order valence-corrected chi connectivity index (χ3v) is 4.28. The molecular weight excluding hydrogens is 449 g/mol. The van der Waals surface area contributed by atoms with E-state index in [1.165, 1.54) is 16.7 Å². The molecule has 0 unspecified atom stereocenters. The Balaban J connectivity index is 0.00000261. The SMILES string of the molecule is CN=C(NCc1ccccc1Cn1cccn1)N(C)Cc1ccccc1.I. The molecule has 27 heavy (non-hydrogen) atoms. The maximum absolute atomic E-state index is 4.42. The Kier molecular flexibility index (Phi) is 8.32. The summed E-state index contributed by atoms with van der Waals surface area (Å²) < 4.78 is 1.94. The second-order valence-electron chi connectivity index (χ2n) is 6.21. The average Bonchev–Trinajstić information content (AvgIpc) is 3.17. The van der Waals surface area contributed by atoms with Crippen LogP contribution in [0.5, 0.6) is 0 Å². The van der Waals surface area contributed by atoms with E-state index >= 15 is 0 Å². The van der Waals surface area contributed by atoms with Crippen LogP contribution in [0.4, 0.5) is 0 Å². The van der Waals surface area contributed by atoms with Crippen molar-refractivity contribution in [2.24, 2.45) is 4.99 Å². The fraction of sp³-hybridized carbons (Fsp3) is 0.238. The predicted octanol–water partition coefficient (Wildman–Crippen LogP) is 3.76. The minimum Gasteiger partial charge on any atom is -0.352 e. The summed E-state index contributed by atoms with van der Waals surface area (Å²) in [5.74, 6) is 0.878. The Morgan fingerprint density at radius 2 is 1.74 bits per heavy atom. The van der Waals surface area contributed by atoms with E-state index in [1.54, 1.807) is 6.20 Å². The molecule has 2 aromatic carbocycles. The molecule has 0 aliphatic carbocycles. The smallest absolute Gasteiger partial charge is 0.193 e. The number of aliphatic imine (C=N–C) groups is 1. The Morgan fingerprint density at radius 3 is 2.41 bits per heavy atom. The van der Waals surface area contributed by atoms with Gasteiger partial charge < -0.3 is 10.2 Å². The summed E-state index contributed by atoms with van der Waals surface area (Å²) in [5.41, 5.74) is 3.76. The first-order valence-corrected chi connectivity index (χ1v) is 8.76. The van der Waals surface area contributed by atoms with E-state index in [4.69, 9.17) is 0 Å².